The normalized spacial score (nSPS) is 20.4. The second-order valence-corrected chi connectivity index (χ2v) is 6.15. The van der Waals surface area contributed by atoms with E-state index in [9.17, 15) is 4.79 Å². The fourth-order valence-corrected chi connectivity index (χ4v) is 3.51. The maximum Gasteiger partial charge on any atom is 0.264 e. The van der Waals surface area contributed by atoms with Crippen molar-refractivity contribution >= 4 is 17.2 Å². The van der Waals surface area contributed by atoms with E-state index in [2.05, 4.69) is 25.2 Å². The summed E-state index contributed by atoms with van der Waals surface area (Å²) in [6, 6.07) is 2.53. The van der Waals surface area contributed by atoms with Crippen molar-refractivity contribution in [2.24, 2.45) is 0 Å². The molecule has 1 N–H and O–H groups in total. The third kappa shape index (κ3) is 2.75. The van der Waals surface area contributed by atoms with Gasteiger partial charge in [-0.25, -0.2) is 0 Å². The average Bonchev–Trinajstić information content (AvgIpc) is 2.87. The molecule has 1 saturated heterocycles. The minimum Gasteiger partial charge on any atom is -0.336 e. The summed E-state index contributed by atoms with van der Waals surface area (Å²) < 4.78 is 0. The predicted molar refractivity (Wildman–Crippen MR) is 76.4 cm³/mol. The van der Waals surface area contributed by atoms with E-state index in [4.69, 9.17) is 0 Å². The summed E-state index contributed by atoms with van der Waals surface area (Å²) in [7, 11) is 1.98. The number of hydrogen-bond donors (Lipinski definition) is 1. The number of likely N-dealkylation sites (tertiary alicyclic amines) is 1. The van der Waals surface area contributed by atoms with Crippen LogP contribution < -0.4 is 5.32 Å². The molecule has 0 aromatic carbocycles. The van der Waals surface area contributed by atoms with E-state index in [0.29, 0.717) is 12.0 Å². The molecule has 0 saturated carbocycles. The van der Waals surface area contributed by atoms with Crippen molar-refractivity contribution in [3.05, 3.63) is 21.9 Å². The monoisotopic (exact) mass is 266 g/mol. The molecule has 1 fully saturated rings. The molecule has 2 heterocycles. The maximum atomic E-state index is 12.6. The summed E-state index contributed by atoms with van der Waals surface area (Å²) in [5.41, 5.74) is 1.19. The highest BCUT2D eigenvalue weighted by Gasteiger charge is 2.26. The Bertz CT molecular complexity index is 414. The summed E-state index contributed by atoms with van der Waals surface area (Å²) >= 11 is 1.58. The highest BCUT2D eigenvalue weighted by molar-refractivity contribution is 7.12. The standard InChI is InChI=1S/C14H22N2OS/c1-10(2)12-6-8-18-13(12)14(17)16-7-4-5-11(9-16)15-3/h6,8,10-11,15H,4-5,7,9H2,1-3H3. The van der Waals surface area contributed by atoms with Gasteiger partial charge in [0.1, 0.15) is 0 Å². The van der Waals surface area contributed by atoms with Crippen molar-refractivity contribution in [3.63, 3.8) is 0 Å². The molecule has 0 aliphatic carbocycles. The molecule has 18 heavy (non-hydrogen) atoms. The van der Waals surface area contributed by atoms with Crippen LogP contribution in [0.5, 0.6) is 0 Å². The Labute approximate surface area is 113 Å². The predicted octanol–water partition coefficient (Wildman–Crippen LogP) is 2.70. The van der Waals surface area contributed by atoms with Crippen LogP contribution in [0.1, 0.15) is 47.8 Å². The zero-order valence-corrected chi connectivity index (χ0v) is 12.2. The van der Waals surface area contributed by atoms with Gasteiger partial charge in [0.05, 0.1) is 4.88 Å². The number of carbonyl (C=O) groups excluding carboxylic acids is 1. The highest BCUT2D eigenvalue weighted by atomic mass is 32.1. The first-order chi connectivity index (χ1) is 8.63. The molecule has 1 aromatic heterocycles. The van der Waals surface area contributed by atoms with E-state index in [1.165, 1.54) is 12.0 Å². The topological polar surface area (TPSA) is 32.3 Å². The van der Waals surface area contributed by atoms with Crippen LogP contribution in [-0.2, 0) is 0 Å². The van der Waals surface area contributed by atoms with E-state index in [1.807, 2.05) is 17.3 Å². The first-order valence-corrected chi connectivity index (χ1v) is 7.55. The van der Waals surface area contributed by atoms with Crippen molar-refractivity contribution in [2.75, 3.05) is 20.1 Å². The van der Waals surface area contributed by atoms with Crippen molar-refractivity contribution in [3.8, 4) is 0 Å². The largest absolute Gasteiger partial charge is 0.336 e. The summed E-state index contributed by atoms with van der Waals surface area (Å²) in [5.74, 6) is 0.633. The summed E-state index contributed by atoms with van der Waals surface area (Å²) in [4.78, 5) is 15.5. The lowest BCUT2D eigenvalue weighted by Crippen LogP contribution is -2.46. The average molecular weight is 266 g/mol. The van der Waals surface area contributed by atoms with Crippen molar-refractivity contribution in [1.29, 1.82) is 0 Å². The molecule has 1 amide bonds. The molecule has 1 aliphatic rings. The molecule has 1 unspecified atom stereocenters. The first-order valence-electron chi connectivity index (χ1n) is 6.67. The Morgan fingerprint density at radius 1 is 1.56 bits per heavy atom. The second-order valence-electron chi connectivity index (χ2n) is 5.24. The van der Waals surface area contributed by atoms with Gasteiger partial charge in [-0.2, -0.15) is 0 Å². The van der Waals surface area contributed by atoms with Crippen LogP contribution >= 0.6 is 11.3 Å². The maximum absolute atomic E-state index is 12.6. The fourth-order valence-electron chi connectivity index (χ4n) is 2.49. The van der Waals surface area contributed by atoms with Gasteiger partial charge in [-0.05, 0) is 42.8 Å². The Balaban J connectivity index is 2.13. The van der Waals surface area contributed by atoms with E-state index in [1.54, 1.807) is 11.3 Å². The van der Waals surface area contributed by atoms with Crippen LogP contribution in [0.2, 0.25) is 0 Å². The van der Waals surface area contributed by atoms with Crippen LogP contribution in [0.15, 0.2) is 11.4 Å². The molecule has 1 aliphatic heterocycles. The van der Waals surface area contributed by atoms with Crippen LogP contribution in [0, 0.1) is 0 Å². The van der Waals surface area contributed by atoms with Gasteiger partial charge in [0.2, 0.25) is 0 Å². The lowest BCUT2D eigenvalue weighted by Gasteiger charge is -2.32. The van der Waals surface area contributed by atoms with Gasteiger partial charge in [0, 0.05) is 19.1 Å². The molecule has 3 nitrogen and oxygen atoms in total. The number of likely N-dealkylation sites (N-methyl/N-ethyl adjacent to an activating group) is 1. The van der Waals surface area contributed by atoms with Crippen LogP contribution in [-0.4, -0.2) is 37.0 Å². The number of piperidine rings is 1. The van der Waals surface area contributed by atoms with Crippen molar-refractivity contribution < 1.29 is 4.79 Å². The van der Waals surface area contributed by atoms with E-state index in [-0.39, 0.29) is 5.91 Å². The lowest BCUT2D eigenvalue weighted by molar-refractivity contribution is 0.0702. The molecule has 4 heteroatoms. The zero-order valence-electron chi connectivity index (χ0n) is 11.4. The quantitative estimate of drug-likeness (QED) is 0.912. The van der Waals surface area contributed by atoms with Crippen molar-refractivity contribution in [2.45, 2.75) is 38.6 Å². The van der Waals surface area contributed by atoms with Crippen LogP contribution in [0.25, 0.3) is 0 Å². The van der Waals surface area contributed by atoms with Crippen LogP contribution in [0.4, 0.5) is 0 Å². The van der Waals surface area contributed by atoms with Crippen LogP contribution in [0.3, 0.4) is 0 Å². The van der Waals surface area contributed by atoms with E-state index < -0.39 is 0 Å². The summed E-state index contributed by atoms with van der Waals surface area (Å²) in [6.45, 7) is 6.02. The number of hydrogen-bond acceptors (Lipinski definition) is 3. The van der Waals surface area contributed by atoms with Gasteiger partial charge in [0.25, 0.3) is 5.91 Å². The van der Waals surface area contributed by atoms with Crippen molar-refractivity contribution in [1.82, 2.24) is 10.2 Å². The smallest absolute Gasteiger partial charge is 0.264 e. The summed E-state index contributed by atoms with van der Waals surface area (Å²) in [5, 5.41) is 5.31. The summed E-state index contributed by atoms with van der Waals surface area (Å²) in [6.07, 6.45) is 2.27. The Morgan fingerprint density at radius 3 is 3.00 bits per heavy atom. The first kappa shape index (κ1) is 13.6. The molecule has 0 radical (unpaired) electrons. The molecule has 0 bridgehead atoms. The van der Waals surface area contributed by atoms with E-state index >= 15 is 0 Å². The highest BCUT2D eigenvalue weighted by Crippen LogP contribution is 2.27. The van der Waals surface area contributed by atoms with E-state index in [0.717, 1.165) is 24.4 Å². The minimum absolute atomic E-state index is 0.216. The van der Waals surface area contributed by atoms with Gasteiger partial charge in [-0.3, -0.25) is 4.79 Å². The number of nitrogens with one attached hydrogen (secondary N) is 1. The lowest BCUT2D eigenvalue weighted by atomic mass is 10.0. The van der Waals surface area contributed by atoms with Gasteiger partial charge >= 0.3 is 0 Å². The molecule has 100 valence electrons. The fraction of sp³-hybridized carbons (Fsp3) is 0.643. The molecule has 1 atom stereocenters. The SMILES string of the molecule is CNC1CCCN(C(=O)c2sccc2C(C)C)C1. The number of thiophene rings is 1. The number of nitrogens with zero attached hydrogens (tertiary/aromatic N) is 1. The molecular weight excluding hydrogens is 244 g/mol. The Morgan fingerprint density at radius 2 is 2.33 bits per heavy atom. The Kier molecular flexibility index (Phi) is 4.40. The molecular formula is C14H22N2OS. The molecule has 0 spiro atoms. The van der Waals surface area contributed by atoms with Gasteiger partial charge in [0.15, 0.2) is 0 Å². The number of amides is 1. The minimum atomic E-state index is 0.216. The van der Waals surface area contributed by atoms with Gasteiger partial charge < -0.3 is 10.2 Å². The number of rotatable bonds is 3. The third-order valence-corrected chi connectivity index (χ3v) is 4.55. The molecule has 1 aromatic rings. The zero-order chi connectivity index (χ0) is 13.1. The van der Waals surface area contributed by atoms with Gasteiger partial charge in [-0.1, -0.05) is 13.8 Å². The second kappa shape index (κ2) is 5.85. The molecule has 2 rings (SSSR count). The van der Waals surface area contributed by atoms with Gasteiger partial charge in [-0.15, -0.1) is 11.3 Å². The number of carbonyl (C=O) groups is 1. The Hall–Kier alpha value is -0.870. The third-order valence-electron chi connectivity index (χ3n) is 3.63.